The van der Waals surface area contributed by atoms with E-state index >= 15 is 0 Å². The van der Waals surface area contributed by atoms with E-state index in [-0.39, 0.29) is 11.9 Å². The van der Waals surface area contributed by atoms with E-state index in [0.717, 1.165) is 22.3 Å². The number of rotatable bonds is 1. The Balaban J connectivity index is 2.21. The van der Waals surface area contributed by atoms with Crippen LogP contribution in [0.3, 0.4) is 0 Å². The van der Waals surface area contributed by atoms with Gasteiger partial charge >= 0.3 is 5.97 Å². The number of ether oxygens (including phenoxy) is 1. The lowest BCUT2D eigenvalue weighted by molar-refractivity contribution is -0.133. The summed E-state index contributed by atoms with van der Waals surface area (Å²) in [6.45, 7) is 4.08. The fraction of sp³-hybridized carbons (Fsp3) is 0.188. The standard InChI is InChI=1S/C16H14O2/c1-10-6-5-7-11(2)14(10)15-12-8-3-4-9-13(12)18-16(15)17/h3-9,15H,1-2H3. The van der Waals surface area contributed by atoms with Gasteiger partial charge in [0.25, 0.3) is 0 Å². The topological polar surface area (TPSA) is 26.3 Å². The molecule has 90 valence electrons. The smallest absolute Gasteiger partial charge is 0.323 e. The molecule has 1 aliphatic rings. The normalized spacial score (nSPS) is 17.4. The van der Waals surface area contributed by atoms with Crippen LogP contribution in [-0.2, 0) is 4.79 Å². The molecule has 0 saturated heterocycles. The number of para-hydroxylation sites is 1. The van der Waals surface area contributed by atoms with Gasteiger partial charge in [0.2, 0.25) is 0 Å². The summed E-state index contributed by atoms with van der Waals surface area (Å²) in [5, 5.41) is 0. The maximum Gasteiger partial charge on any atom is 0.323 e. The summed E-state index contributed by atoms with van der Waals surface area (Å²) in [7, 11) is 0. The van der Waals surface area contributed by atoms with E-state index in [2.05, 4.69) is 0 Å². The van der Waals surface area contributed by atoms with Crippen molar-refractivity contribution in [1.29, 1.82) is 0 Å². The first-order valence-corrected chi connectivity index (χ1v) is 6.05. The second-order valence-corrected chi connectivity index (χ2v) is 4.70. The number of carbonyl (C=O) groups is 1. The van der Waals surface area contributed by atoms with Crippen LogP contribution in [0, 0.1) is 13.8 Å². The molecule has 1 atom stereocenters. The highest BCUT2D eigenvalue weighted by molar-refractivity contribution is 5.90. The molecule has 3 rings (SSSR count). The Hall–Kier alpha value is -2.09. The lowest BCUT2D eigenvalue weighted by Gasteiger charge is -2.14. The largest absolute Gasteiger partial charge is 0.425 e. The average molecular weight is 238 g/mol. The molecule has 1 heterocycles. The summed E-state index contributed by atoms with van der Waals surface area (Å²) in [4.78, 5) is 12.1. The number of carbonyl (C=O) groups excluding carboxylic acids is 1. The molecule has 0 N–H and O–H groups in total. The lowest BCUT2D eigenvalue weighted by Crippen LogP contribution is -2.14. The van der Waals surface area contributed by atoms with Crippen LogP contribution in [-0.4, -0.2) is 5.97 Å². The fourth-order valence-corrected chi connectivity index (χ4v) is 2.66. The van der Waals surface area contributed by atoms with Gasteiger partial charge in [-0.2, -0.15) is 0 Å². The van der Waals surface area contributed by atoms with E-state index in [1.54, 1.807) is 0 Å². The molecule has 0 aliphatic carbocycles. The maximum atomic E-state index is 12.1. The average Bonchev–Trinajstić information content (AvgIpc) is 2.66. The van der Waals surface area contributed by atoms with Gasteiger partial charge in [0, 0.05) is 5.56 Å². The molecular weight excluding hydrogens is 224 g/mol. The zero-order chi connectivity index (χ0) is 12.7. The highest BCUT2D eigenvalue weighted by Gasteiger charge is 2.35. The van der Waals surface area contributed by atoms with E-state index in [0.29, 0.717) is 5.75 Å². The summed E-state index contributed by atoms with van der Waals surface area (Å²) >= 11 is 0. The van der Waals surface area contributed by atoms with Crippen LogP contribution in [0.5, 0.6) is 5.75 Å². The van der Waals surface area contributed by atoms with Crippen LogP contribution in [0.25, 0.3) is 0 Å². The fourth-order valence-electron chi connectivity index (χ4n) is 2.66. The van der Waals surface area contributed by atoms with Crippen molar-refractivity contribution in [3.05, 3.63) is 64.7 Å². The second-order valence-electron chi connectivity index (χ2n) is 4.70. The molecule has 0 radical (unpaired) electrons. The van der Waals surface area contributed by atoms with Crippen LogP contribution in [0.4, 0.5) is 0 Å². The number of esters is 1. The highest BCUT2D eigenvalue weighted by Crippen LogP contribution is 2.40. The minimum absolute atomic E-state index is 0.173. The number of fused-ring (bicyclic) bond motifs is 1. The molecule has 0 aromatic heterocycles. The second kappa shape index (κ2) is 3.98. The van der Waals surface area contributed by atoms with E-state index in [4.69, 9.17) is 4.74 Å². The zero-order valence-electron chi connectivity index (χ0n) is 10.4. The van der Waals surface area contributed by atoms with Gasteiger partial charge in [-0.05, 0) is 36.6 Å². The first-order chi connectivity index (χ1) is 8.68. The summed E-state index contributed by atoms with van der Waals surface area (Å²) in [5.74, 6) is 0.242. The molecule has 2 heteroatoms. The molecule has 18 heavy (non-hydrogen) atoms. The predicted molar refractivity (Wildman–Crippen MR) is 69.8 cm³/mol. The van der Waals surface area contributed by atoms with E-state index < -0.39 is 0 Å². The van der Waals surface area contributed by atoms with E-state index in [9.17, 15) is 4.79 Å². The van der Waals surface area contributed by atoms with Crippen molar-refractivity contribution in [3.8, 4) is 5.75 Å². The first kappa shape index (κ1) is 11.0. The summed E-state index contributed by atoms with van der Waals surface area (Å²) in [6.07, 6.45) is 0. The van der Waals surface area contributed by atoms with E-state index in [1.807, 2.05) is 56.3 Å². The molecule has 2 nitrogen and oxygen atoms in total. The molecule has 0 fully saturated rings. The minimum Gasteiger partial charge on any atom is -0.425 e. The van der Waals surface area contributed by atoms with Gasteiger partial charge < -0.3 is 4.74 Å². The minimum atomic E-state index is -0.276. The van der Waals surface area contributed by atoms with Gasteiger partial charge in [0.1, 0.15) is 11.7 Å². The highest BCUT2D eigenvalue weighted by atomic mass is 16.5. The Morgan fingerprint density at radius 2 is 1.61 bits per heavy atom. The maximum absolute atomic E-state index is 12.1. The molecular formula is C16H14O2. The van der Waals surface area contributed by atoms with Crippen molar-refractivity contribution >= 4 is 5.97 Å². The molecule has 1 unspecified atom stereocenters. The number of benzene rings is 2. The molecule has 0 bridgehead atoms. The zero-order valence-corrected chi connectivity index (χ0v) is 10.4. The third kappa shape index (κ3) is 1.53. The Kier molecular flexibility index (Phi) is 2.44. The SMILES string of the molecule is Cc1cccc(C)c1C1C(=O)Oc2ccccc21. The Morgan fingerprint density at radius 1 is 0.944 bits per heavy atom. The molecule has 2 aromatic carbocycles. The van der Waals surface area contributed by atoms with Gasteiger partial charge in [-0.1, -0.05) is 36.4 Å². The van der Waals surface area contributed by atoms with Gasteiger partial charge in [0.15, 0.2) is 0 Å². The van der Waals surface area contributed by atoms with Crippen LogP contribution >= 0.6 is 0 Å². The van der Waals surface area contributed by atoms with Crippen molar-refractivity contribution in [1.82, 2.24) is 0 Å². The first-order valence-electron chi connectivity index (χ1n) is 6.05. The van der Waals surface area contributed by atoms with Crippen LogP contribution in [0.2, 0.25) is 0 Å². The van der Waals surface area contributed by atoms with Gasteiger partial charge in [0.05, 0.1) is 0 Å². The van der Waals surface area contributed by atoms with Gasteiger partial charge in [-0.25, -0.2) is 0 Å². The summed E-state index contributed by atoms with van der Waals surface area (Å²) < 4.78 is 5.34. The molecule has 0 amide bonds. The monoisotopic (exact) mass is 238 g/mol. The molecule has 2 aromatic rings. The Morgan fingerprint density at radius 3 is 2.33 bits per heavy atom. The predicted octanol–water partition coefficient (Wildman–Crippen LogP) is 3.35. The van der Waals surface area contributed by atoms with Gasteiger partial charge in [-0.15, -0.1) is 0 Å². The molecule has 0 spiro atoms. The molecule has 1 aliphatic heterocycles. The van der Waals surface area contributed by atoms with Gasteiger partial charge in [-0.3, -0.25) is 4.79 Å². The van der Waals surface area contributed by atoms with E-state index in [1.165, 1.54) is 0 Å². The van der Waals surface area contributed by atoms with Crippen LogP contribution < -0.4 is 4.74 Å². The lowest BCUT2D eigenvalue weighted by atomic mass is 9.86. The Labute approximate surface area is 106 Å². The third-order valence-corrected chi connectivity index (χ3v) is 3.51. The summed E-state index contributed by atoms with van der Waals surface area (Å²) in [6, 6.07) is 13.7. The quantitative estimate of drug-likeness (QED) is 0.562. The van der Waals surface area contributed by atoms with Crippen molar-refractivity contribution in [2.45, 2.75) is 19.8 Å². The number of aryl methyl sites for hydroxylation is 2. The van der Waals surface area contributed by atoms with Crippen LogP contribution in [0.1, 0.15) is 28.2 Å². The van der Waals surface area contributed by atoms with Crippen molar-refractivity contribution < 1.29 is 9.53 Å². The number of hydrogen-bond acceptors (Lipinski definition) is 2. The summed E-state index contributed by atoms with van der Waals surface area (Å²) in [5.41, 5.74) is 4.31. The number of hydrogen-bond donors (Lipinski definition) is 0. The van der Waals surface area contributed by atoms with Crippen molar-refractivity contribution in [3.63, 3.8) is 0 Å². The van der Waals surface area contributed by atoms with Crippen molar-refractivity contribution in [2.75, 3.05) is 0 Å². The van der Waals surface area contributed by atoms with Crippen molar-refractivity contribution in [2.24, 2.45) is 0 Å². The molecule has 0 saturated carbocycles. The Bertz CT molecular complexity index is 608. The third-order valence-electron chi connectivity index (χ3n) is 3.51. The van der Waals surface area contributed by atoms with Crippen LogP contribution in [0.15, 0.2) is 42.5 Å².